The second-order valence-corrected chi connectivity index (χ2v) is 6.05. The summed E-state index contributed by atoms with van der Waals surface area (Å²) in [6.07, 6.45) is 0.0917. The van der Waals surface area contributed by atoms with Gasteiger partial charge in [-0.2, -0.15) is 8.78 Å². The van der Waals surface area contributed by atoms with Gasteiger partial charge in [-0.05, 0) is 20.0 Å². The van der Waals surface area contributed by atoms with Crippen molar-refractivity contribution in [1.29, 1.82) is 0 Å². The number of nitrogens with zero attached hydrogens (tertiary/aromatic N) is 2. The number of aliphatic imine (C=N–C) groups is 1. The van der Waals surface area contributed by atoms with Crippen molar-refractivity contribution in [1.82, 2.24) is 15.5 Å². The molecule has 6 nitrogen and oxygen atoms in total. The van der Waals surface area contributed by atoms with Crippen LogP contribution in [-0.2, 0) is 11.3 Å². The summed E-state index contributed by atoms with van der Waals surface area (Å²) in [6, 6.07) is 5.11. The number of hydrogen-bond acceptors (Lipinski definition) is 4. The molecule has 1 fully saturated rings. The average Bonchev–Trinajstić information content (AvgIpc) is 2.57. The van der Waals surface area contributed by atoms with Crippen LogP contribution < -0.4 is 15.4 Å². The monoisotopic (exact) mass is 356 g/mol. The zero-order valence-corrected chi connectivity index (χ0v) is 14.9. The van der Waals surface area contributed by atoms with E-state index >= 15 is 0 Å². The Morgan fingerprint density at radius 2 is 2.24 bits per heavy atom. The number of guanidine groups is 1. The van der Waals surface area contributed by atoms with Crippen LogP contribution in [-0.4, -0.2) is 63.9 Å². The number of alkyl halides is 2. The first-order valence-electron chi connectivity index (χ1n) is 8.27. The third-order valence-corrected chi connectivity index (χ3v) is 3.94. The minimum atomic E-state index is -2.85. The van der Waals surface area contributed by atoms with Gasteiger partial charge in [-0.3, -0.25) is 4.99 Å². The van der Waals surface area contributed by atoms with Gasteiger partial charge in [0.15, 0.2) is 5.96 Å². The number of benzene rings is 1. The maximum Gasteiger partial charge on any atom is 0.387 e. The number of rotatable bonds is 6. The molecule has 8 heteroatoms. The Morgan fingerprint density at radius 1 is 1.44 bits per heavy atom. The molecule has 0 saturated carbocycles. The summed E-state index contributed by atoms with van der Waals surface area (Å²) in [5.74, 6) is 0.752. The molecule has 0 spiro atoms. The maximum atomic E-state index is 12.5. The fourth-order valence-electron chi connectivity index (χ4n) is 2.66. The van der Waals surface area contributed by atoms with Gasteiger partial charge in [0, 0.05) is 38.8 Å². The minimum Gasteiger partial charge on any atom is -0.434 e. The van der Waals surface area contributed by atoms with E-state index in [9.17, 15) is 8.78 Å². The summed E-state index contributed by atoms with van der Waals surface area (Å²) in [6.45, 7) is 2.51. The number of hydrogen-bond donors (Lipinski definition) is 2. The van der Waals surface area contributed by atoms with Gasteiger partial charge in [0.2, 0.25) is 0 Å². The van der Waals surface area contributed by atoms with Crippen LogP contribution in [0.2, 0.25) is 0 Å². The van der Waals surface area contributed by atoms with Gasteiger partial charge in [-0.1, -0.05) is 17.7 Å². The normalized spacial score (nSPS) is 19.1. The lowest BCUT2D eigenvalue weighted by Gasteiger charge is -2.30. The van der Waals surface area contributed by atoms with E-state index in [0.717, 1.165) is 18.7 Å². The molecule has 0 bridgehead atoms. The van der Waals surface area contributed by atoms with Crippen molar-refractivity contribution in [3.05, 3.63) is 29.3 Å². The van der Waals surface area contributed by atoms with E-state index in [-0.39, 0.29) is 11.9 Å². The first-order chi connectivity index (χ1) is 12.0. The molecule has 1 unspecified atom stereocenters. The van der Waals surface area contributed by atoms with Gasteiger partial charge in [0.25, 0.3) is 0 Å². The van der Waals surface area contributed by atoms with Crippen LogP contribution in [0.4, 0.5) is 8.78 Å². The van der Waals surface area contributed by atoms with Gasteiger partial charge in [-0.15, -0.1) is 0 Å². The number of nitrogens with one attached hydrogen (secondary N) is 2. The highest BCUT2D eigenvalue weighted by molar-refractivity contribution is 5.79. The van der Waals surface area contributed by atoms with Gasteiger partial charge >= 0.3 is 6.61 Å². The summed E-state index contributed by atoms with van der Waals surface area (Å²) >= 11 is 0. The lowest BCUT2D eigenvalue weighted by molar-refractivity contribution is -0.0504. The molecule has 1 saturated heterocycles. The van der Waals surface area contributed by atoms with Crippen LogP contribution in [0, 0.1) is 6.92 Å². The Balaban J connectivity index is 1.89. The smallest absolute Gasteiger partial charge is 0.387 e. The third kappa shape index (κ3) is 6.47. The Kier molecular flexibility index (Phi) is 7.39. The van der Waals surface area contributed by atoms with Crippen molar-refractivity contribution in [2.24, 2.45) is 4.99 Å². The highest BCUT2D eigenvalue weighted by Crippen LogP contribution is 2.21. The molecule has 2 rings (SSSR count). The van der Waals surface area contributed by atoms with Gasteiger partial charge in [0.1, 0.15) is 5.75 Å². The Hall–Kier alpha value is -1.93. The topological polar surface area (TPSA) is 58.1 Å². The first-order valence-corrected chi connectivity index (χ1v) is 8.27. The van der Waals surface area contributed by atoms with Crippen LogP contribution in [0.3, 0.4) is 0 Å². The van der Waals surface area contributed by atoms with E-state index < -0.39 is 6.61 Å². The summed E-state index contributed by atoms with van der Waals surface area (Å²) in [5, 5.41) is 6.33. The van der Waals surface area contributed by atoms with Crippen molar-refractivity contribution in [2.75, 3.05) is 40.3 Å². The lowest BCUT2D eigenvalue weighted by Crippen LogP contribution is -2.48. The van der Waals surface area contributed by atoms with Gasteiger partial charge < -0.3 is 25.0 Å². The van der Waals surface area contributed by atoms with Crippen molar-refractivity contribution < 1.29 is 18.3 Å². The van der Waals surface area contributed by atoms with Gasteiger partial charge in [-0.25, -0.2) is 0 Å². The number of ether oxygens (including phenoxy) is 2. The zero-order valence-electron chi connectivity index (χ0n) is 14.9. The maximum absolute atomic E-state index is 12.5. The fourth-order valence-corrected chi connectivity index (χ4v) is 2.66. The molecule has 140 valence electrons. The van der Waals surface area contributed by atoms with Crippen molar-refractivity contribution in [2.45, 2.75) is 26.2 Å². The number of halogens is 2. The highest BCUT2D eigenvalue weighted by atomic mass is 19.3. The number of likely N-dealkylation sites (N-methyl/N-ethyl adjacent to an activating group) is 1. The first kappa shape index (κ1) is 19.4. The van der Waals surface area contributed by atoms with E-state index in [0.29, 0.717) is 31.2 Å². The van der Waals surface area contributed by atoms with Crippen LogP contribution in [0.5, 0.6) is 5.75 Å². The van der Waals surface area contributed by atoms with E-state index in [1.807, 2.05) is 13.0 Å². The van der Waals surface area contributed by atoms with Crippen LogP contribution in [0.1, 0.15) is 11.1 Å². The number of aryl methyl sites for hydroxylation is 1. The molecule has 1 aromatic rings. The Morgan fingerprint density at radius 3 is 2.92 bits per heavy atom. The largest absolute Gasteiger partial charge is 0.434 e. The van der Waals surface area contributed by atoms with E-state index in [2.05, 4.69) is 32.3 Å². The predicted molar refractivity (Wildman–Crippen MR) is 93.2 cm³/mol. The highest BCUT2D eigenvalue weighted by Gasteiger charge is 2.18. The minimum absolute atomic E-state index is 0.0917. The van der Waals surface area contributed by atoms with E-state index in [4.69, 9.17) is 4.74 Å². The molecule has 1 aliphatic rings. The fraction of sp³-hybridized carbons (Fsp3) is 0.588. The quantitative estimate of drug-likeness (QED) is 0.599. The second-order valence-electron chi connectivity index (χ2n) is 6.05. The molecule has 0 aromatic heterocycles. The van der Waals surface area contributed by atoms with Crippen molar-refractivity contribution >= 4 is 5.96 Å². The molecule has 1 heterocycles. The Bertz CT molecular complexity index is 584. The molecule has 1 atom stereocenters. The average molecular weight is 356 g/mol. The van der Waals surface area contributed by atoms with Crippen LogP contribution >= 0.6 is 0 Å². The predicted octanol–water partition coefficient (Wildman–Crippen LogP) is 1.59. The summed E-state index contributed by atoms with van der Waals surface area (Å²) in [5.41, 5.74) is 1.62. The molecule has 0 aliphatic carbocycles. The molecule has 0 radical (unpaired) electrons. The zero-order chi connectivity index (χ0) is 18.2. The third-order valence-electron chi connectivity index (χ3n) is 3.94. The van der Waals surface area contributed by atoms with Crippen LogP contribution in [0.15, 0.2) is 23.2 Å². The van der Waals surface area contributed by atoms with E-state index in [1.54, 1.807) is 19.2 Å². The van der Waals surface area contributed by atoms with Crippen LogP contribution in [0.25, 0.3) is 0 Å². The summed E-state index contributed by atoms with van der Waals surface area (Å²) in [7, 11) is 3.72. The summed E-state index contributed by atoms with van der Waals surface area (Å²) in [4.78, 5) is 6.37. The Labute approximate surface area is 147 Å². The van der Waals surface area contributed by atoms with Crippen molar-refractivity contribution in [3.8, 4) is 5.75 Å². The molecule has 25 heavy (non-hydrogen) atoms. The molecular weight excluding hydrogens is 330 g/mol. The number of morpholine rings is 1. The molecule has 2 N–H and O–H groups in total. The lowest BCUT2D eigenvalue weighted by atomic mass is 10.1. The van der Waals surface area contributed by atoms with Crippen molar-refractivity contribution in [3.63, 3.8) is 0 Å². The molecule has 0 amide bonds. The SMILES string of the molecule is CN=C(NCc1cc(C)ccc1OC(F)F)NCC1CN(C)CCO1. The molecule has 1 aromatic carbocycles. The molecule has 1 aliphatic heterocycles. The standard InChI is InChI=1S/C17H26F2N4O2/c1-12-4-5-15(25-16(18)19)13(8-12)9-21-17(20-2)22-10-14-11-23(3)6-7-24-14/h4-5,8,14,16H,6-7,9-11H2,1-3H3,(H2,20,21,22). The van der Waals surface area contributed by atoms with Gasteiger partial charge in [0.05, 0.1) is 12.7 Å². The second kappa shape index (κ2) is 9.53. The summed E-state index contributed by atoms with van der Waals surface area (Å²) < 4.78 is 35.3. The van der Waals surface area contributed by atoms with E-state index in [1.165, 1.54) is 0 Å². The molecular formula is C17H26F2N4O2.